The second-order valence-corrected chi connectivity index (χ2v) is 4.74. The monoisotopic (exact) mass is 291 g/mol. The molecule has 0 saturated carbocycles. The van der Waals surface area contributed by atoms with Crippen molar-refractivity contribution in [2.75, 3.05) is 5.73 Å². The van der Waals surface area contributed by atoms with E-state index in [4.69, 9.17) is 22.1 Å². The van der Waals surface area contributed by atoms with E-state index in [0.29, 0.717) is 23.4 Å². The summed E-state index contributed by atoms with van der Waals surface area (Å²) in [5.41, 5.74) is 7.96. The van der Waals surface area contributed by atoms with E-state index in [1.165, 1.54) is 6.07 Å². The Morgan fingerprint density at radius 2 is 2.05 bits per heavy atom. The molecule has 0 aliphatic rings. The number of benzene rings is 2. The summed E-state index contributed by atoms with van der Waals surface area (Å²) >= 11 is 5.89. The smallest absolute Gasteiger partial charge is 0.142 e. The summed E-state index contributed by atoms with van der Waals surface area (Å²) in [6.07, 6.45) is 2.42. The van der Waals surface area contributed by atoms with Crippen LogP contribution in [0, 0.1) is 5.82 Å². The van der Waals surface area contributed by atoms with Crippen LogP contribution in [0.15, 0.2) is 49.1 Å². The molecular formula is C16H15ClFNO. The van der Waals surface area contributed by atoms with Crippen LogP contribution < -0.4 is 10.5 Å². The van der Waals surface area contributed by atoms with Gasteiger partial charge in [0.2, 0.25) is 0 Å². The fourth-order valence-electron chi connectivity index (χ4n) is 1.87. The van der Waals surface area contributed by atoms with Gasteiger partial charge in [0.05, 0.1) is 5.02 Å². The van der Waals surface area contributed by atoms with Gasteiger partial charge in [0.1, 0.15) is 18.2 Å². The minimum absolute atomic E-state index is 0.0909. The molecule has 2 nitrogen and oxygen atoms in total. The van der Waals surface area contributed by atoms with E-state index in [-0.39, 0.29) is 11.6 Å². The molecule has 0 aliphatic heterocycles. The van der Waals surface area contributed by atoms with E-state index < -0.39 is 5.82 Å². The van der Waals surface area contributed by atoms with Crippen molar-refractivity contribution in [3.63, 3.8) is 0 Å². The molecule has 0 heterocycles. The maximum absolute atomic E-state index is 13.3. The van der Waals surface area contributed by atoms with Gasteiger partial charge in [-0.05, 0) is 36.2 Å². The Labute approximate surface area is 122 Å². The van der Waals surface area contributed by atoms with Crippen molar-refractivity contribution < 1.29 is 9.13 Å². The van der Waals surface area contributed by atoms with Crippen LogP contribution in [-0.2, 0) is 13.0 Å². The van der Waals surface area contributed by atoms with Crippen LogP contribution in [-0.4, -0.2) is 0 Å². The molecule has 0 unspecified atom stereocenters. The second-order valence-electron chi connectivity index (χ2n) is 4.36. The Bertz CT molecular complexity index is 628. The van der Waals surface area contributed by atoms with Crippen LogP contribution in [0.2, 0.25) is 5.02 Å². The molecule has 0 aromatic heterocycles. The van der Waals surface area contributed by atoms with Crippen LogP contribution in [0.5, 0.6) is 5.75 Å². The molecule has 0 bridgehead atoms. The SMILES string of the molecule is C=CCc1cc(N)ccc1OCc1cccc(F)c1Cl. The second kappa shape index (κ2) is 6.44. The van der Waals surface area contributed by atoms with Gasteiger partial charge in [-0.1, -0.05) is 29.8 Å². The zero-order valence-electron chi connectivity index (χ0n) is 10.9. The highest BCUT2D eigenvalue weighted by Gasteiger charge is 2.08. The van der Waals surface area contributed by atoms with Crippen LogP contribution in [0.4, 0.5) is 10.1 Å². The maximum Gasteiger partial charge on any atom is 0.142 e. The lowest BCUT2D eigenvalue weighted by molar-refractivity contribution is 0.303. The highest BCUT2D eigenvalue weighted by Crippen LogP contribution is 2.25. The Balaban J connectivity index is 2.18. The normalized spacial score (nSPS) is 10.3. The predicted octanol–water partition coefficient (Wildman–Crippen LogP) is 4.37. The number of rotatable bonds is 5. The lowest BCUT2D eigenvalue weighted by atomic mass is 10.1. The Morgan fingerprint density at radius 3 is 2.80 bits per heavy atom. The molecule has 20 heavy (non-hydrogen) atoms. The fourth-order valence-corrected chi connectivity index (χ4v) is 2.05. The van der Waals surface area contributed by atoms with Crippen molar-refractivity contribution in [1.29, 1.82) is 0 Å². The molecule has 2 rings (SSSR count). The molecule has 2 aromatic carbocycles. The van der Waals surface area contributed by atoms with Crippen molar-refractivity contribution in [3.8, 4) is 5.75 Å². The number of halogens is 2. The molecular weight excluding hydrogens is 277 g/mol. The molecule has 0 aliphatic carbocycles. The number of anilines is 1. The fraction of sp³-hybridized carbons (Fsp3) is 0.125. The van der Waals surface area contributed by atoms with E-state index in [1.807, 2.05) is 6.07 Å². The molecule has 0 radical (unpaired) electrons. The van der Waals surface area contributed by atoms with Gasteiger partial charge < -0.3 is 10.5 Å². The summed E-state index contributed by atoms with van der Waals surface area (Å²) in [4.78, 5) is 0. The Hall–Kier alpha value is -2.00. The van der Waals surface area contributed by atoms with Crippen molar-refractivity contribution in [1.82, 2.24) is 0 Å². The first kappa shape index (κ1) is 14.4. The van der Waals surface area contributed by atoms with Gasteiger partial charge >= 0.3 is 0 Å². The van der Waals surface area contributed by atoms with Crippen LogP contribution in [0.3, 0.4) is 0 Å². The number of nitrogens with two attached hydrogens (primary N) is 1. The average molecular weight is 292 g/mol. The number of allylic oxidation sites excluding steroid dienone is 1. The lowest BCUT2D eigenvalue weighted by Gasteiger charge is -2.12. The van der Waals surface area contributed by atoms with Gasteiger partial charge in [-0.2, -0.15) is 0 Å². The van der Waals surface area contributed by atoms with E-state index >= 15 is 0 Å². The number of hydrogen-bond acceptors (Lipinski definition) is 2. The van der Waals surface area contributed by atoms with E-state index in [2.05, 4.69) is 6.58 Å². The Morgan fingerprint density at radius 1 is 1.25 bits per heavy atom. The summed E-state index contributed by atoms with van der Waals surface area (Å²) in [6.45, 7) is 3.90. The molecule has 4 heteroatoms. The first-order valence-electron chi connectivity index (χ1n) is 6.17. The van der Waals surface area contributed by atoms with E-state index in [9.17, 15) is 4.39 Å². The third-order valence-electron chi connectivity index (χ3n) is 2.86. The number of nitrogen functional groups attached to an aromatic ring is 1. The first-order valence-corrected chi connectivity index (χ1v) is 6.54. The van der Waals surface area contributed by atoms with Crippen LogP contribution in [0.25, 0.3) is 0 Å². The third kappa shape index (κ3) is 3.31. The van der Waals surface area contributed by atoms with Crippen molar-refractivity contribution in [2.45, 2.75) is 13.0 Å². The van der Waals surface area contributed by atoms with Gasteiger partial charge in [-0.3, -0.25) is 0 Å². The molecule has 0 amide bonds. The average Bonchev–Trinajstić information content (AvgIpc) is 2.42. The van der Waals surface area contributed by atoms with Crippen LogP contribution in [0.1, 0.15) is 11.1 Å². The topological polar surface area (TPSA) is 35.2 Å². The summed E-state index contributed by atoms with van der Waals surface area (Å²) in [7, 11) is 0. The molecule has 0 saturated heterocycles. The van der Waals surface area contributed by atoms with Crippen molar-refractivity contribution in [2.24, 2.45) is 0 Å². The summed E-state index contributed by atoms with van der Waals surface area (Å²) in [5.74, 6) is 0.246. The maximum atomic E-state index is 13.3. The highest BCUT2D eigenvalue weighted by molar-refractivity contribution is 6.31. The van der Waals surface area contributed by atoms with Crippen molar-refractivity contribution in [3.05, 3.63) is 71.0 Å². The van der Waals surface area contributed by atoms with Crippen LogP contribution >= 0.6 is 11.6 Å². The Kier molecular flexibility index (Phi) is 4.64. The summed E-state index contributed by atoms with van der Waals surface area (Å²) in [5, 5.41) is 0.0909. The molecule has 104 valence electrons. The minimum Gasteiger partial charge on any atom is -0.489 e. The van der Waals surface area contributed by atoms with Crippen molar-refractivity contribution >= 4 is 17.3 Å². The molecule has 0 spiro atoms. The minimum atomic E-state index is -0.448. The largest absolute Gasteiger partial charge is 0.489 e. The number of hydrogen-bond donors (Lipinski definition) is 1. The zero-order valence-corrected chi connectivity index (χ0v) is 11.7. The van der Waals surface area contributed by atoms with E-state index in [0.717, 1.165) is 5.56 Å². The standard InChI is InChI=1S/C16H15ClFNO/c1-2-4-11-9-13(19)7-8-15(11)20-10-12-5-3-6-14(18)16(12)17/h2-3,5-9H,1,4,10,19H2. The molecule has 0 fully saturated rings. The molecule has 0 atom stereocenters. The van der Waals surface area contributed by atoms with Gasteiger partial charge in [-0.15, -0.1) is 6.58 Å². The predicted molar refractivity (Wildman–Crippen MR) is 80.5 cm³/mol. The summed E-state index contributed by atoms with van der Waals surface area (Å²) in [6, 6.07) is 10.0. The third-order valence-corrected chi connectivity index (χ3v) is 3.29. The molecule has 2 aromatic rings. The highest BCUT2D eigenvalue weighted by atomic mass is 35.5. The zero-order chi connectivity index (χ0) is 14.5. The van der Waals surface area contributed by atoms with E-state index in [1.54, 1.807) is 30.3 Å². The van der Waals surface area contributed by atoms with Gasteiger partial charge in [0, 0.05) is 11.3 Å². The van der Waals surface area contributed by atoms with Gasteiger partial charge in [0.25, 0.3) is 0 Å². The quantitative estimate of drug-likeness (QED) is 0.656. The first-order chi connectivity index (χ1) is 9.61. The number of ether oxygens (including phenoxy) is 1. The van der Waals surface area contributed by atoms with Gasteiger partial charge in [-0.25, -0.2) is 4.39 Å². The lowest BCUT2D eigenvalue weighted by Crippen LogP contribution is -2.00. The summed E-state index contributed by atoms with van der Waals surface area (Å²) < 4.78 is 19.1. The van der Waals surface area contributed by atoms with Gasteiger partial charge in [0.15, 0.2) is 0 Å². The molecule has 2 N–H and O–H groups in total.